The molecule has 2 rings (SSSR count). The maximum absolute atomic E-state index is 9.69. The van der Waals surface area contributed by atoms with E-state index in [1.165, 1.54) is 19.3 Å². The van der Waals surface area contributed by atoms with E-state index in [9.17, 15) is 5.11 Å². The summed E-state index contributed by atoms with van der Waals surface area (Å²) in [7, 11) is 0. The van der Waals surface area contributed by atoms with Gasteiger partial charge in [-0.3, -0.25) is 0 Å². The zero-order valence-electron chi connectivity index (χ0n) is 6.87. The first-order valence-electron chi connectivity index (χ1n) is 4.62. The Labute approximate surface area is 68.1 Å². The molecule has 2 bridgehead atoms. The molecule has 62 valence electrons. The van der Waals surface area contributed by atoms with Gasteiger partial charge in [0.25, 0.3) is 0 Å². The molecule has 0 saturated heterocycles. The molecule has 4 atom stereocenters. The van der Waals surface area contributed by atoms with E-state index in [0.29, 0.717) is 11.8 Å². The fraction of sp³-hybridized carbons (Fsp3) is 0.800. The Bertz CT molecular complexity index is 164. The fourth-order valence-electron chi connectivity index (χ4n) is 2.92. The molecular formula is C10H16O. The lowest BCUT2D eigenvalue weighted by molar-refractivity contribution is 0.120. The van der Waals surface area contributed by atoms with Crippen LogP contribution in [0.25, 0.3) is 0 Å². The SMILES string of the molecule is C=CCC1C[C@H]2CC[C@@H]1[C@H]2O. The number of aliphatic hydroxyl groups is 1. The van der Waals surface area contributed by atoms with Gasteiger partial charge in [-0.1, -0.05) is 6.08 Å². The number of rotatable bonds is 2. The van der Waals surface area contributed by atoms with E-state index in [1.807, 2.05) is 6.08 Å². The minimum atomic E-state index is 0.0277. The van der Waals surface area contributed by atoms with Gasteiger partial charge in [0.1, 0.15) is 0 Å². The molecule has 0 radical (unpaired) electrons. The van der Waals surface area contributed by atoms with Crippen LogP contribution in [0, 0.1) is 17.8 Å². The predicted molar refractivity (Wildman–Crippen MR) is 45.1 cm³/mol. The highest BCUT2D eigenvalue weighted by Crippen LogP contribution is 2.49. The van der Waals surface area contributed by atoms with Crippen molar-refractivity contribution in [1.29, 1.82) is 0 Å². The minimum Gasteiger partial charge on any atom is -0.393 e. The Morgan fingerprint density at radius 1 is 1.45 bits per heavy atom. The molecule has 0 aliphatic heterocycles. The van der Waals surface area contributed by atoms with Gasteiger partial charge in [-0.2, -0.15) is 0 Å². The molecule has 0 spiro atoms. The molecule has 0 aromatic heterocycles. The van der Waals surface area contributed by atoms with Crippen LogP contribution in [-0.2, 0) is 0 Å². The number of fused-ring (bicyclic) bond motifs is 2. The second kappa shape index (κ2) is 2.63. The van der Waals surface area contributed by atoms with E-state index in [4.69, 9.17) is 0 Å². The molecule has 1 heteroatoms. The first kappa shape index (κ1) is 7.35. The zero-order chi connectivity index (χ0) is 7.84. The molecule has 0 aromatic rings. The highest BCUT2D eigenvalue weighted by molar-refractivity contribution is 4.98. The Morgan fingerprint density at radius 3 is 2.73 bits per heavy atom. The molecule has 2 aliphatic rings. The van der Waals surface area contributed by atoms with Gasteiger partial charge in [0.15, 0.2) is 0 Å². The average Bonchev–Trinajstić information content (AvgIpc) is 2.47. The van der Waals surface area contributed by atoms with E-state index >= 15 is 0 Å². The van der Waals surface area contributed by atoms with E-state index < -0.39 is 0 Å². The Kier molecular flexibility index (Phi) is 1.76. The number of hydrogen-bond acceptors (Lipinski definition) is 1. The summed E-state index contributed by atoms with van der Waals surface area (Å²) in [6, 6.07) is 0. The molecule has 1 unspecified atom stereocenters. The third-order valence-corrected chi connectivity index (χ3v) is 3.47. The molecule has 1 nitrogen and oxygen atoms in total. The largest absolute Gasteiger partial charge is 0.393 e. The monoisotopic (exact) mass is 152 g/mol. The van der Waals surface area contributed by atoms with Crippen LogP contribution in [0.2, 0.25) is 0 Å². The van der Waals surface area contributed by atoms with Crippen molar-refractivity contribution in [3.05, 3.63) is 12.7 Å². The van der Waals surface area contributed by atoms with Crippen LogP contribution in [-0.4, -0.2) is 11.2 Å². The smallest absolute Gasteiger partial charge is 0.0599 e. The second-order valence-corrected chi connectivity index (χ2v) is 4.01. The third kappa shape index (κ3) is 1.02. The average molecular weight is 152 g/mol. The van der Waals surface area contributed by atoms with Crippen molar-refractivity contribution >= 4 is 0 Å². The molecule has 1 N–H and O–H groups in total. The third-order valence-electron chi connectivity index (χ3n) is 3.47. The standard InChI is InChI=1S/C10H16O/c1-2-3-7-6-8-4-5-9(7)10(8)11/h2,7-11H,1,3-6H2/t7?,8-,9+,10+/m1/s1. The summed E-state index contributed by atoms with van der Waals surface area (Å²) < 4.78 is 0. The van der Waals surface area contributed by atoms with Crippen molar-refractivity contribution < 1.29 is 5.11 Å². The number of hydrogen-bond donors (Lipinski definition) is 1. The lowest BCUT2D eigenvalue weighted by atomic mass is 9.86. The Hall–Kier alpha value is -0.300. The molecule has 11 heavy (non-hydrogen) atoms. The molecule has 2 saturated carbocycles. The van der Waals surface area contributed by atoms with Crippen LogP contribution >= 0.6 is 0 Å². The van der Waals surface area contributed by atoms with Crippen molar-refractivity contribution in [1.82, 2.24) is 0 Å². The lowest BCUT2D eigenvalue weighted by Crippen LogP contribution is -2.15. The van der Waals surface area contributed by atoms with E-state index in [0.717, 1.165) is 12.3 Å². The van der Waals surface area contributed by atoms with Gasteiger partial charge in [0, 0.05) is 0 Å². The van der Waals surface area contributed by atoms with Crippen molar-refractivity contribution in [2.24, 2.45) is 17.8 Å². The highest BCUT2D eigenvalue weighted by atomic mass is 16.3. The van der Waals surface area contributed by atoms with Gasteiger partial charge in [0.05, 0.1) is 6.10 Å². The van der Waals surface area contributed by atoms with Crippen LogP contribution in [0.1, 0.15) is 25.7 Å². The summed E-state index contributed by atoms with van der Waals surface area (Å²) in [6.07, 6.45) is 6.90. The Morgan fingerprint density at radius 2 is 2.27 bits per heavy atom. The van der Waals surface area contributed by atoms with Gasteiger partial charge in [-0.25, -0.2) is 0 Å². The quantitative estimate of drug-likeness (QED) is 0.600. The van der Waals surface area contributed by atoms with Gasteiger partial charge >= 0.3 is 0 Å². The van der Waals surface area contributed by atoms with E-state index in [2.05, 4.69) is 6.58 Å². The normalized spacial score (nSPS) is 48.1. The predicted octanol–water partition coefficient (Wildman–Crippen LogP) is 1.97. The van der Waals surface area contributed by atoms with Crippen LogP contribution < -0.4 is 0 Å². The summed E-state index contributed by atoms with van der Waals surface area (Å²) in [4.78, 5) is 0. The van der Waals surface area contributed by atoms with Crippen LogP contribution in [0.4, 0.5) is 0 Å². The molecule has 2 aliphatic carbocycles. The first-order valence-corrected chi connectivity index (χ1v) is 4.62. The Balaban J connectivity index is 2.02. The number of aliphatic hydroxyl groups excluding tert-OH is 1. The van der Waals surface area contributed by atoms with Crippen molar-refractivity contribution in [2.45, 2.75) is 31.8 Å². The summed E-state index contributed by atoms with van der Waals surface area (Å²) in [6.45, 7) is 3.75. The van der Waals surface area contributed by atoms with Gasteiger partial charge < -0.3 is 5.11 Å². The maximum Gasteiger partial charge on any atom is 0.0599 e. The topological polar surface area (TPSA) is 20.2 Å². The second-order valence-electron chi connectivity index (χ2n) is 4.01. The van der Waals surface area contributed by atoms with E-state index in [-0.39, 0.29) is 6.10 Å². The first-order chi connectivity index (χ1) is 5.33. The molecule has 0 amide bonds. The van der Waals surface area contributed by atoms with Crippen LogP contribution in [0.3, 0.4) is 0 Å². The van der Waals surface area contributed by atoms with Gasteiger partial charge in [0.2, 0.25) is 0 Å². The van der Waals surface area contributed by atoms with Crippen LogP contribution in [0.15, 0.2) is 12.7 Å². The minimum absolute atomic E-state index is 0.0277. The lowest BCUT2D eigenvalue weighted by Gasteiger charge is -2.19. The zero-order valence-corrected chi connectivity index (χ0v) is 6.87. The van der Waals surface area contributed by atoms with Gasteiger partial charge in [-0.05, 0) is 43.4 Å². The maximum atomic E-state index is 9.69. The summed E-state index contributed by atoms with van der Waals surface area (Å²) in [5, 5.41) is 9.69. The highest BCUT2D eigenvalue weighted by Gasteiger charge is 2.46. The van der Waals surface area contributed by atoms with Gasteiger partial charge in [-0.15, -0.1) is 6.58 Å². The molecule has 2 fully saturated rings. The van der Waals surface area contributed by atoms with Crippen molar-refractivity contribution in [2.75, 3.05) is 0 Å². The fourth-order valence-corrected chi connectivity index (χ4v) is 2.92. The molecule has 0 heterocycles. The molecule has 0 aromatic carbocycles. The molecular weight excluding hydrogens is 136 g/mol. The van der Waals surface area contributed by atoms with E-state index in [1.54, 1.807) is 0 Å². The summed E-state index contributed by atoms with van der Waals surface area (Å²) in [5.41, 5.74) is 0. The summed E-state index contributed by atoms with van der Waals surface area (Å²) in [5.74, 6) is 1.99. The summed E-state index contributed by atoms with van der Waals surface area (Å²) >= 11 is 0. The van der Waals surface area contributed by atoms with Crippen molar-refractivity contribution in [3.63, 3.8) is 0 Å². The van der Waals surface area contributed by atoms with Crippen LogP contribution in [0.5, 0.6) is 0 Å². The number of allylic oxidation sites excluding steroid dienone is 1. The van der Waals surface area contributed by atoms with Crippen molar-refractivity contribution in [3.8, 4) is 0 Å².